The molecule has 1 saturated heterocycles. The number of piperidine rings is 1. The Labute approximate surface area is 148 Å². The number of nitrogens with one attached hydrogen (secondary N) is 1. The maximum absolute atomic E-state index is 12.5. The highest BCUT2D eigenvalue weighted by molar-refractivity contribution is 5.79. The van der Waals surface area contributed by atoms with Crippen molar-refractivity contribution in [3.8, 4) is 0 Å². The first-order chi connectivity index (χ1) is 12.0. The zero-order valence-electron chi connectivity index (χ0n) is 15.2. The number of nitrogens with zero attached hydrogens (tertiary/aromatic N) is 5. The molecule has 134 valence electrons. The van der Waals surface area contributed by atoms with E-state index in [9.17, 15) is 4.79 Å². The molecule has 0 aromatic carbocycles. The Hall–Kier alpha value is -2.44. The van der Waals surface area contributed by atoms with Gasteiger partial charge >= 0.3 is 0 Å². The monoisotopic (exact) mass is 342 g/mol. The van der Waals surface area contributed by atoms with Crippen LogP contribution in [-0.4, -0.2) is 45.5 Å². The second-order valence-electron chi connectivity index (χ2n) is 6.76. The van der Waals surface area contributed by atoms with Gasteiger partial charge in [-0.1, -0.05) is 0 Å². The molecular formula is C18H26N6O. The van der Waals surface area contributed by atoms with E-state index in [2.05, 4.69) is 25.5 Å². The van der Waals surface area contributed by atoms with E-state index in [0.29, 0.717) is 19.6 Å². The molecule has 1 aliphatic heterocycles. The van der Waals surface area contributed by atoms with E-state index in [4.69, 9.17) is 0 Å². The highest BCUT2D eigenvalue weighted by Gasteiger charge is 2.26. The summed E-state index contributed by atoms with van der Waals surface area (Å²) in [5.41, 5.74) is 3.03. The summed E-state index contributed by atoms with van der Waals surface area (Å²) >= 11 is 0. The van der Waals surface area contributed by atoms with Gasteiger partial charge in [0.1, 0.15) is 0 Å². The zero-order valence-corrected chi connectivity index (χ0v) is 15.2. The number of hydrogen-bond acceptors (Lipinski definition) is 5. The topological polar surface area (TPSA) is 75.9 Å². The summed E-state index contributed by atoms with van der Waals surface area (Å²) in [5, 5.41) is 15.8. The van der Waals surface area contributed by atoms with Gasteiger partial charge in [0.15, 0.2) is 5.82 Å². The number of carbonyl (C=O) groups is 1. The third kappa shape index (κ3) is 4.35. The highest BCUT2D eigenvalue weighted by atomic mass is 16.1. The first-order valence-electron chi connectivity index (χ1n) is 8.87. The van der Waals surface area contributed by atoms with E-state index in [0.717, 1.165) is 42.3 Å². The lowest BCUT2D eigenvalue weighted by Gasteiger charge is -2.32. The van der Waals surface area contributed by atoms with Crippen LogP contribution in [-0.2, 0) is 11.3 Å². The van der Waals surface area contributed by atoms with Crippen LogP contribution in [0.4, 0.5) is 5.82 Å². The Morgan fingerprint density at radius 1 is 1.24 bits per heavy atom. The SMILES string of the molecule is Cc1ccc(N2CCCC(C(=O)NCCn3nc(C)cc3C)C2)nn1. The Morgan fingerprint density at radius 2 is 2.08 bits per heavy atom. The van der Waals surface area contributed by atoms with Crippen LogP contribution in [0.5, 0.6) is 0 Å². The first-order valence-corrected chi connectivity index (χ1v) is 8.87. The van der Waals surface area contributed by atoms with Crippen molar-refractivity contribution in [1.29, 1.82) is 0 Å². The number of anilines is 1. The van der Waals surface area contributed by atoms with Gasteiger partial charge in [-0.3, -0.25) is 9.48 Å². The van der Waals surface area contributed by atoms with Crippen LogP contribution in [0.25, 0.3) is 0 Å². The molecule has 25 heavy (non-hydrogen) atoms. The van der Waals surface area contributed by atoms with Crippen LogP contribution in [0.2, 0.25) is 0 Å². The van der Waals surface area contributed by atoms with E-state index in [-0.39, 0.29) is 11.8 Å². The van der Waals surface area contributed by atoms with Crippen molar-refractivity contribution in [1.82, 2.24) is 25.3 Å². The van der Waals surface area contributed by atoms with Crippen LogP contribution in [0, 0.1) is 26.7 Å². The van der Waals surface area contributed by atoms with E-state index >= 15 is 0 Å². The largest absolute Gasteiger partial charge is 0.354 e. The minimum Gasteiger partial charge on any atom is -0.354 e. The lowest BCUT2D eigenvalue weighted by atomic mass is 9.97. The molecule has 7 nitrogen and oxygen atoms in total. The van der Waals surface area contributed by atoms with Gasteiger partial charge in [0.2, 0.25) is 5.91 Å². The van der Waals surface area contributed by atoms with Gasteiger partial charge in [-0.25, -0.2) is 0 Å². The van der Waals surface area contributed by atoms with Crippen LogP contribution in [0.15, 0.2) is 18.2 Å². The predicted octanol–water partition coefficient (Wildman–Crippen LogP) is 1.63. The fraction of sp³-hybridized carbons (Fsp3) is 0.556. The van der Waals surface area contributed by atoms with Gasteiger partial charge in [0.25, 0.3) is 0 Å². The summed E-state index contributed by atoms with van der Waals surface area (Å²) in [6, 6.07) is 5.98. The summed E-state index contributed by atoms with van der Waals surface area (Å²) < 4.78 is 1.94. The molecule has 7 heteroatoms. The summed E-state index contributed by atoms with van der Waals surface area (Å²) in [6.45, 7) is 8.85. The van der Waals surface area contributed by atoms with E-state index < -0.39 is 0 Å². The zero-order chi connectivity index (χ0) is 17.8. The van der Waals surface area contributed by atoms with Crippen molar-refractivity contribution in [3.63, 3.8) is 0 Å². The molecule has 1 amide bonds. The van der Waals surface area contributed by atoms with Crippen molar-refractivity contribution >= 4 is 11.7 Å². The molecule has 0 bridgehead atoms. The van der Waals surface area contributed by atoms with Crippen molar-refractivity contribution in [2.24, 2.45) is 5.92 Å². The minimum absolute atomic E-state index is 0.00249. The number of hydrogen-bond donors (Lipinski definition) is 1. The maximum atomic E-state index is 12.5. The molecule has 1 aliphatic rings. The molecule has 1 fully saturated rings. The van der Waals surface area contributed by atoms with Gasteiger partial charge in [0.05, 0.1) is 23.9 Å². The fourth-order valence-electron chi connectivity index (χ4n) is 3.29. The summed E-state index contributed by atoms with van der Waals surface area (Å²) in [4.78, 5) is 14.7. The average Bonchev–Trinajstić information content (AvgIpc) is 2.93. The van der Waals surface area contributed by atoms with Crippen LogP contribution < -0.4 is 10.2 Å². The number of aromatic nitrogens is 4. The second-order valence-corrected chi connectivity index (χ2v) is 6.76. The summed E-state index contributed by atoms with van der Waals surface area (Å²) in [5.74, 6) is 0.967. The Morgan fingerprint density at radius 3 is 2.76 bits per heavy atom. The van der Waals surface area contributed by atoms with Crippen molar-refractivity contribution in [2.45, 2.75) is 40.2 Å². The highest BCUT2D eigenvalue weighted by Crippen LogP contribution is 2.21. The molecule has 0 saturated carbocycles. The first kappa shape index (κ1) is 17.4. The average molecular weight is 342 g/mol. The van der Waals surface area contributed by atoms with Crippen molar-refractivity contribution in [3.05, 3.63) is 35.3 Å². The molecule has 1 N–H and O–H groups in total. The van der Waals surface area contributed by atoms with Crippen LogP contribution in [0.3, 0.4) is 0 Å². The Bertz CT molecular complexity index is 724. The van der Waals surface area contributed by atoms with E-state index in [1.807, 2.05) is 43.7 Å². The standard InChI is InChI=1S/C18H26N6O/c1-13-6-7-17(21-20-13)23-9-4-5-16(12-23)18(25)19-8-10-24-15(3)11-14(2)22-24/h6-7,11,16H,4-5,8-10,12H2,1-3H3,(H,19,25). The second kappa shape index (κ2) is 7.63. The van der Waals surface area contributed by atoms with Crippen molar-refractivity contribution in [2.75, 3.05) is 24.5 Å². The van der Waals surface area contributed by atoms with E-state index in [1.54, 1.807) is 0 Å². The molecule has 0 spiro atoms. The lowest BCUT2D eigenvalue weighted by Crippen LogP contribution is -2.44. The molecule has 1 atom stereocenters. The normalized spacial score (nSPS) is 17.6. The molecule has 3 heterocycles. The maximum Gasteiger partial charge on any atom is 0.224 e. The number of rotatable bonds is 5. The number of carbonyl (C=O) groups excluding carboxylic acids is 1. The molecular weight excluding hydrogens is 316 g/mol. The molecule has 3 rings (SSSR count). The van der Waals surface area contributed by atoms with Gasteiger partial charge in [-0.2, -0.15) is 10.2 Å². The third-order valence-electron chi connectivity index (χ3n) is 4.63. The minimum atomic E-state index is -0.00249. The fourth-order valence-corrected chi connectivity index (χ4v) is 3.29. The quantitative estimate of drug-likeness (QED) is 0.894. The van der Waals surface area contributed by atoms with Gasteiger partial charge in [0, 0.05) is 25.3 Å². The van der Waals surface area contributed by atoms with Crippen LogP contribution in [0.1, 0.15) is 29.9 Å². The predicted molar refractivity (Wildman–Crippen MR) is 96.4 cm³/mol. The summed E-state index contributed by atoms with van der Waals surface area (Å²) in [7, 11) is 0. The number of aryl methyl sites for hydroxylation is 3. The Kier molecular flexibility index (Phi) is 5.31. The lowest BCUT2D eigenvalue weighted by molar-refractivity contribution is -0.125. The molecule has 0 radical (unpaired) electrons. The van der Waals surface area contributed by atoms with Gasteiger partial charge in [-0.05, 0) is 51.8 Å². The summed E-state index contributed by atoms with van der Waals surface area (Å²) in [6.07, 6.45) is 1.91. The molecule has 0 aliphatic carbocycles. The number of amides is 1. The van der Waals surface area contributed by atoms with Crippen molar-refractivity contribution < 1.29 is 4.79 Å². The van der Waals surface area contributed by atoms with Gasteiger partial charge < -0.3 is 10.2 Å². The molecule has 2 aromatic rings. The smallest absolute Gasteiger partial charge is 0.224 e. The Balaban J connectivity index is 1.51. The van der Waals surface area contributed by atoms with E-state index in [1.165, 1.54) is 0 Å². The third-order valence-corrected chi connectivity index (χ3v) is 4.63. The van der Waals surface area contributed by atoms with Gasteiger partial charge in [-0.15, -0.1) is 5.10 Å². The molecule has 1 unspecified atom stereocenters. The molecule has 2 aromatic heterocycles. The van der Waals surface area contributed by atoms with Crippen LogP contribution >= 0.6 is 0 Å².